The molecule has 0 N–H and O–H groups in total. The van der Waals surface area contributed by atoms with Crippen LogP contribution in [0.15, 0.2) is 12.2 Å². The standard InChI is InChI=1S/C11H20/c1-5-11-7-9(3)8(2)6-10(11)4/h8-9,11H,4-7H2,1-3H3. The van der Waals surface area contributed by atoms with Gasteiger partial charge in [0.1, 0.15) is 0 Å². The first kappa shape index (κ1) is 8.83. The van der Waals surface area contributed by atoms with Crippen LogP contribution in [0.3, 0.4) is 0 Å². The summed E-state index contributed by atoms with van der Waals surface area (Å²) >= 11 is 0. The van der Waals surface area contributed by atoms with E-state index in [0.717, 1.165) is 17.8 Å². The highest BCUT2D eigenvalue weighted by Gasteiger charge is 2.25. The average molecular weight is 152 g/mol. The zero-order valence-electron chi connectivity index (χ0n) is 8.06. The predicted molar refractivity (Wildman–Crippen MR) is 50.5 cm³/mol. The van der Waals surface area contributed by atoms with Crippen molar-refractivity contribution in [3.8, 4) is 0 Å². The third-order valence-electron chi connectivity index (χ3n) is 3.28. The summed E-state index contributed by atoms with van der Waals surface area (Å²) in [5, 5.41) is 0. The first-order valence-electron chi connectivity index (χ1n) is 4.82. The van der Waals surface area contributed by atoms with Crippen molar-refractivity contribution in [2.45, 2.75) is 40.0 Å². The summed E-state index contributed by atoms with van der Waals surface area (Å²) in [6, 6.07) is 0. The second-order valence-electron chi connectivity index (χ2n) is 4.16. The van der Waals surface area contributed by atoms with Crippen LogP contribution in [0.1, 0.15) is 40.0 Å². The zero-order chi connectivity index (χ0) is 8.43. The summed E-state index contributed by atoms with van der Waals surface area (Å²) in [4.78, 5) is 0. The van der Waals surface area contributed by atoms with Crippen LogP contribution in [0.25, 0.3) is 0 Å². The summed E-state index contributed by atoms with van der Waals surface area (Å²) < 4.78 is 0. The van der Waals surface area contributed by atoms with E-state index in [9.17, 15) is 0 Å². The molecule has 0 aliphatic heterocycles. The van der Waals surface area contributed by atoms with Crippen LogP contribution < -0.4 is 0 Å². The molecule has 11 heavy (non-hydrogen) atoms. The lowest BCUT2D eigenvalue weighted by atomic mass is 9.72. The lowest BCUT2D eigenvalue weighted by Gasteiger charge is -2.33. The van der Waals surface area contributed by atoms with E-state index in [2.05, 4.69) is 27.4 Å². The molecule has 1 fully saturated rings. The fourth-order valence-corrected chi connectivity index (χ4v) is 2.08. The molecule has 0 aromatic rings. The molecule has 1 aliphatic carbocycles. The van der Waals surface area contributed by atoms with Gasteiger partial charge in [0, 0.05) is 0 Å². The second kappa shape index (κ2) is 3.42. The summed E-state index contributed by atoms with van der Waals surface area (Å²) in [5.74, 6) is 2.59. The van der Waals surface area contributed by atoms with Crippen LogP contribution in [-0.2, 0) is 0 Å². The minimum atomic E-state index is 0.821. The van der Waals surface area contributed by atoms with Gasteiger partial charge in [-0.2, -0.15) is 0 Å². The second-order valence-corrected chi connectivity index (χ2v) is 4.16. The van der Waals surface area contributed by atoms with Crippen molar-refractivity contribution in [1.82, 2.24) is 0 Å². The van der Waals surface area contributed by atoms with Gasteiger partial charge in [-0.1, -0.05) is 32.9 Å². The Morgan fingerprint density at radius 1 is 1.36 bits per heavy atom. The van der Waals surface area contributed by atoms with Gasteiger partial charge in [-0.25, -0.2) is 0 Å². The molecule has 0 nitrogen and oxygen atoms in total. The number of hydrogen-bond acceptors (Lipinski definition) is 0. The van der Waals surface area contributed by atoms with E-state index in [1.165, 1.54) is 24.8 Å². The molecule has 0 radical (unpaired) electrons. The molecule has 1 aliphatic rings. The van der Waals surface area contributed by atoms with Crippen molar-refractivity contribution in [3.05, 3.63) is 12.2 Å². The molecule has 0 saturated heterocycles. The van der Waals surface area contributed by atoms with Gasteiger partial charge in [0.15, 0.2) is 0 Å². The van der Waals surface area contributed by atoms with Crippen LogP contribution >= 0.6 is 0 Å². The van der Waals surface area contributed by atoms with E-state index in [0.29, 0.717) is 0 Å². The largest absolute Gasteiger partial charge is 0.0996 e. The molecule has 0 aromatic heterocycles. The van der Waals surface area contributed by atoms with Crippen LogP contribution in [0.2, 0.25) is 0 Å². The van der Waals surface area contributed by atoms with E-state index >= 15 is 0 Å². The van der Waals surface area contributed by atoms with Crippen molar-refractivity contribution < 1.29 is 0 Å². The Labute approximate surface area is 70.7 Å². The Bertz CT molecular complexity index is 146. The predicted octanol–water partition coefficient (Wildman–Crippen LogP) is 3.63. The smallest absolute Gasteiger partial charge is 0.0206 e. The van der Waals surface area contributed by atoms with Gasteiger partial charge in [0.25, 0.3) is 0 Å². The molecular formula is C11H20. The van der Waals surface area contributed by atoms with Crippen LogP contribution in [0.4, 0.5) is 0 Å². The minimum Gasteiger partial charge on any atom is -0.0996 e. The maximum atomic E-state index is 4.15. The lowest BCUT2D eigenvalue weighted by molar-refractivity contribution is 0.263. The van der Waals surface area contributed by atoms with Gasteiger partial charge < -0.3 is 0 Å². The third kappa shape index (κ3) is 1.85. The van der Waals surface area contributed by atoms with Crippen LogP contribution in [-0.4, -0.2) is 0 Å². The molecule has 0 bridgehead atoms. The third-order valence-corrected chi connectivity index (χ3v) is 3.28. The molecule has 1 rings (SSSR count). The first-order valence-corrected chi connectivity index (χ1v) is 4.82. The molecule has 3 unspecified atom stereocenters. The topological polar surface area (TPSA) is 0 Å². The zero-order valence-corrected chi connectivity index (χ0v) is 8.06. The van der Waals surface area contributed by atoms with E-state index in [1.54, 1.807) is 0 Å². The molecule has 0 aromatic carbocycles. The molecule has 64 valence electrons. The van der Waals surface area contributed by atoms with Crippen molar-refractivity contribution in [1.29, 1.82) is 0 Å². The van der Waals surface area contributed by atoms with E-state index < -0.39 is 0 Å². The van der Waals surface area contributed by atoms with Crippen molar-refractivity contribution in [2.75, 3.05) is 0 Å². The molecule has 0 spiro atoms. The van der Waals surface area contributed by atoms with Crippen molar-refractivity contribution >= 4 is 0 Å². The maximum absolute atomic E-state index is 4.15. The highest BCUT2D eigenvalue weighted by atomic mass is 14.3. The van der Waals surface area contributed by atoms with Gasteiger partial charge in [-0.05, 0) is 37.0 Å². The van der Waals surface area contributed by atoms with E-state index in [1.807, 2.05) is 0 Å². The maximum Gasteiger partial charge on any atom is -0.0206 e. The Kier molecular flexibility index (Phi) is 2.75. The SMILES string of the molecule is C=C1CC(C)C(C)CC1CC. The summed E-state index contributed by atoms with van der Waals surface area (Å²) in [6.07, 6.45) is 3.92. The Balaban J connectivity index is 2.55. The first-order chi connectivity index (χ1) is 5.15. The van der Waals surface area contributed by atoms with E-state index in [-0.39, 0.29) is 0 Å². The Morgan fingerprint density at radius 2 is 2.00 bits per heavy atom. The quantitative estimate of drug-likeness (QED) is 0.503. The highest BCUT2D eigenvalue weighted by Crippen LogP contribution is 2.37. The van der Waals surface area contributed by atoms with Crippen molar-refractivity contribution in [3.63, 3.8) is 0 Å². The average Bonchev–Trinajstić information content (AvgIpc) is 1.97. The minimum absolute atomic E-state index is 0.821. The highest BCUT2D eigenvalue weighted by molar-refractivity contribution is 5.05. The van der Waals surface area contributed by atoms with Crippen LogP contribution in [0, 0.1) is 17.8 Å². The molecule has 0 heterocycles. The van der Waals surface area contributed by atoms with Gasteiger partial charge in [0.05, 0.1) is 0 Å². The Morgan fingerprint density at radius 3 is 2.55 bits per heavy atom. The fourth-order valence-electron chi connectivity index (χ4n) is 2.08. The molecular weight excluding hydrogens is 132 g/mol. The molecule has 0 amide bonds. The molecule has 0 heteroatoms. The summed E-state index contributed by atoms with van der Waals surface area (Å²) in [6.45, 7) is 11.2. The van der Waals surface area contributed by atoms with Gasteiger partial charge in [-0.3, -0.25) is 0 Å². The van der Waals surface area contributed by atoms with Gasteiger partial charge in [0.2, 0.25) is 0 Å². The lowest BCUT2D eigenvalue weighted by Crippen LogP contribution is -2.22. The van der Waals surface area contributed by atoms with Crippen molar-refractivity contribution in [2.24, 2.45) is 17.8 Å². The fraction of sp³-hybridized carbons (Fsp3) is 0.818. The Hall–Kier alpha value is -0.260. The normalized spacial score (nSPS) is 39.2. The summed E-state index contributed by atoms with van der Waals surface area (Å²) in [7, 11) is 0. The molecule has 3 atom stereocenters. The summed E-state index contributed by atoms with van der Waals surface area (Å²) in [5.41, 5.74) is 1.50. The van der Waals surface area contributed by atoms with Gasteiger partial charge >= 0.3 is 0 Å². The van der Waals surface area contributed by atoms with E-state index in [4.69, 9.17) is 0 Å². The number of allylic oxidation sites excluding steroid dienone is 1. The monoisotopic (exact) mass is 152 g/mol. The number of hydrogen-bond donors (Lipinski definition) is 0. The van der Waals surface area contributed by atoms with Crippen LogP contribution in [0.5, 0.6) is 0 Å². The number of rotatable bonds is 1. The molecule has 1 saturated carbocycles. The van der Waals surface area contributed by atoms with Gasteiger partial charge in [-0.15, -0.1) is 0 Å².